The number of pyridine rings is 1. The second-order valence-corrected chi connectivity index (χ2v) is 2.61. The molecule has 4 nitrogen and oxygen atoms in total. The van der Waals surface area contributed by atoms with E-state index in [9.17, 15) is 8.78 Å². The Balaban J connectivity index is 2.60. The van der Waals surface area contributed by atoms with Gasteiger partial charge in [0, 0.05) is 18.5 Å². The summed E-state index contributed by atoms with van der Waals surface area (Å²) in [5, 5.41) is 3.75. The fourth-order valence-electron chi connectivity index (χ4n) is 1.03. The van der Waals surface area contributed by atoms with Gasteiger partial charge in [0.15, 0.2) is 23.3 Å². The number of hydrogen-bond donors (Lipinski definition) is 1. The molecule has 0 amide bonds. The van der Waals surface area contributed by atoms with Crippen molar-refractivity contribution in [2.24, 2.45) is 0 Å². The van der Waals surface area contributed by atoms with Gasteiger partial charge in [0.25, 0.3) is 0 Å². The molecule has 0 unspecified atom stereocenters. The lowest BCUT2D eigenvalue weighted by Crippen LogP contribution is -2.06. The van der Waals surface area contributed by atoms with Crippen molar-refractivity contribution in [1.29, 1.82) is 0 Å². The molecule has 0 bridgehead atoms. The van der Waals surface area contributed by atoms with Gasteiger partial charge < -0.3 is 5.73 Å². The molecule has 14 heavy (non-hydrogen) atoms. The first-order chi connectivity index (χ1) is 6.68. The largest absolute Gasteiger partial charge is 0.381 e. The van der Waals surface area contributed by atoms with E-state index in [0.29, 0.717) is 6.07 Å². The van der Waals surface area contributed by atoms with E-state index < -0.39 is 11.6 Å². The van der Waals surface area contributed by atoms with Crippen molar-refractivity contribution in [3.63, 3.8) is 0 Å². The molecule has 0 saturated carbocycles. The summed E-state index contributed by atoms with van der Waals surface area (Å²) in [6.07, 6.45) is 2.95. The minimum absolute atomic E-state index is 0.117. The summed E-state index contributed by atoms with van der Waals surface area (Å²) in [5.41, 5.74) is 5.20. The lowest BCUT2D eigenvalue weighted by molar-refractivity contribution is 0.564. The normalized spacial score (nSPS) is 10.4. The molecule has 2 heterocycles. The average molecular weight is 196 g/mol. The number of hydrogen-bond acceptors (Lipinski definition) is 3. The number of nitrogens with two attached hydrogens (primary N) is 1. The summed E-state index contributed by atoms with van der Waals surface area (Å²) >= 11 is 0. The standard InChI is InChI=1S/C8H6F2N4/c9-5-4-6(10)8(13-7(5)11)14-3-1-2-12-14/h1-4H,(H2,11,13). The highest BCUT2D eigenvalue weighted by Crippen LogP contribution is 2.14. The maximum Gasteiger partial charge on any atom is 0.191 e. The van der Waals surface area contributed by atoms with Gasteiger partial charge in [-0.1, -0.05) is 0 Å². The third-order valence-electron chi connectivity index (χ3n) is 1.66. The molecule has 0 spiro atoms. The third-order valence-corrected chi connectivity index (χ3v) is 1.66. The van der Waals surface area contributed by atoms with E-state index in [1.165, 1.54) is 17.1 Å². The molecular formula is C8H6F2N4. The van der Waals surface area contributed by atoms with Crippen LogP contribution in [0.25, 0.3) is 5.82 Å². The maximum atomic E-state index is 13.2. The number of rotatable bonds is 1. The summed E-state index contributed by atoms with van der Waals surface area (Å²) in [6.45, 7) is 0. The van der Waals surface area contributed by atoms with E-state index >= 15 is 0 Å². The topological polar surface area (TPSA) is 56.7 Å². The fraction of sp³-hybridized carbons (Fsp3) is 0. The van der Waals surface area contributed by atoms with Crippen LogP contribution in [0.3, 0.4) is 0 Å². The van der Waals surface area contributed by atoms with Gasteiger partial charge in [0.05, 0.1) is 0 Å². The maximum absolute atomic E-state index is 13.2. The van der Waals surface area contributed by atoms with Crippen molar-refractivity contribution in [3.8, 4) is 5.82 Å². The van der Waals surface area contributed by atoms with Crippen LogP contribution in [0.4, 0.5) is 14.6 Å². The zero-order valence-electron chi connectivity index (χ0n) is 6.98. The lowest BCUT2D eigenvalue weighted by Gasteiger charge is -2.03. The third kappa shape index (κ3) is 1.30. The molecule has 2 aromatic rings. The van der Waals surface area contributed by atoms with Crippen LogP contribution < -0.4 is 5.73 Å². The predicted molar refractivity (Wildman–Crippen MR) is 45.7 cm³/mol. The van der Waals surface area contributed by atoms with Crippen molar-refractivity contribution in [2.75, 3.05) is 5.73 Å². The minimum Gasteiger partial charge on any atom is -0.381 e. The number of nitrogens with zero attached hydrogens (tertiary/aromatic N) is 3. The number of anilines is 1. The van der Waals surface area contributed by atoms with Crippen LogP contribution in [-0.4, -0.2) is 14.8 Å². The summed E-state index contributed by atoms with van der Waals surface area (Å²) in [4.78, 5) is 3.54. The molecular weight excluding hydrogens is 190 g/mol. The van der Waals surface area contributed by atoms with Crippen LogP contribution in [0.5, 0.6) is 0 Å². The molecule has 2 N–H and O–H groups in total. The van der Waals surface area contributed by atoms with E-state index in [1.807, 2.05) is 0 Å². The highest BCUT2D eigenvalue weighted by molar-refractivity contribution is 5.37. The predicted octanol–water partition coefficient (Wildman–Crippen LogP) is 1.13. The Morgan fingerprint density at radius 2 is 2.07 bits per heavy atom. The van der Waals surface area contributed by atoms with Gasteiger partial charge in [-0.3, -0.25) is 0 Å². The van der Waals surface area contributed by atoms with E-state index in [0.717, 1.165) is 0 Å². The van der Waals surface area contributed by atoms with E-state index in [4.69, 9.17) is 5.73 Å². The van der Waals surface area contributed by atoms with Gasteiger partial charge >= 0.3 is 0 Å². The molecule has 2 aromatic heterocycles. The number of nitrogen functional groups attached to an aromatic ring is 1. The first kappa shape index (κ1) is 8.61. The highest BCUT2D eigenvalue weighted by atomic mass is 19.1. The van der Waals surface area contributed by atoms with E-state index in [1.54, 1.807) is 6.07 Å². The van der Waals surface area contributed by atoms with Crippen LogP contribution in [0.1, 0.15) is 0 Å². The van der Waals surface area contributed by atoms with Crippen molar-refractivity contribution in [2.45, 2.75) is 0 Å². The number of halogens is 2. The van der Waals surface area contributed by atoms with Crippen molar-refractivity contribution >= 4 is 5.82 Å². The Kier molecular flexibility index (Phi) is 1.88. The Morgan fingerprint density at radius 3 is 2.71 bits per heavy atom. The molecule has 0 saturated heterocycles. The summed E-state index contributed by atoms with van der Waals surface area (Å²) in [6, 6.07) is 2.28. The summed E-state index contributed by atoms with van der Waals surface area (Å²) in [5.74, 6) is -2.15. The SMILES string of the molecule is Nc1nc(-n2cccn2)c(F)cc1F. The zero-order chi connectivity index (χ0) is 10.1. The van der Waals surface area contributed by atoms with Crippen LogP contribution >= 0.6 is 0 Å². The number of aromatic nitrogens is 3. The van der Waals surface area contributed by atoms with Gasteiger partial charge in [-0.05, 0) is 6.07 Å². The molecule has 0 radical (unpaired) electrons. The second kappa shape index (κ2) is 3.06. The molecule has 6 heteroatoms. The van der Waals surface area contributed by atoms with Crippen LogP contribution in [0.2, 0.25) is 0 Å². The van der Waals surface area contributed by atoms with Crippen LogP contribution in [-0.2, 0) is 0 Å². The van der Waals surface area contributed by atoms with Gasteiger partial charge in [-0.2, -0.15) is 5.10 Å². The van der Waals surface area contributed by atoms with E-state index in [-0.39, 0.29) is 11.6 Å². The molecule has 2 rings (SSSR count). The van der Waals surface area contributed by atoms with Crippen molar-refractivity contribution in [3.05, 3.63) is 36.2 Å². The molecule has 0 aromatic carbocycles. The molecule has 0 atom stereocenters. The fourth-order valence-corrected chi connectivity index (χ4v) is 1.03. The molecule has 0 aliphatic rings. The highest BCUT2D eigenvalue weighted by Gasteiger charge is 2.10. The Bertz CT molecular complexity index is 453. The molecule has 72 valence electrons. The molecule has 0 aliphatic heterocycles. The Hall–Kier alpha value is -1.98. The first-order valence-electron chi connectivity index (χ1n) is 3.80. The Labute approximate surface area is 78.0 Å². The van der Waals surface area contributed by atoms with Crippen molar-refractivity contribution < 1.29 is 8.78 Å². The van der Waals surface area contributed by atoms with Gasteiger partial charge in [0.1, 0.15) is 0 Å². The monoisotopic (exact) mass is 196 g/mol. The zero-order valence-corrected chi connectivity index (χ0v) is 6.98. The van der Waals surface area contributed by atoms with Crippen molar-refractivity contribution in [1.82, 2.24) is 14.8 Å². The quantitative estimate of drug-likeness (QED) is 0.743. The summed E-state index contributed by atoms with van der Waals surface area (Å²) < 4.78 is 27.1. The van der Waals surface area contributed by atoms with Crippen LogP contribution in [0.15, 0.2) is 24.5 Å². The summed E-state index contributed by atoms with van der Waals surface area (Å²) in [7, 11) is 0. The second-order valence-electron chi connectivity index (χ2n) is 2.61. The lowest BCUT2D eigenvalue weighted by atomic mass is 10.4. The van der Waals surface area contributed by atoms with Gasteiger partial charge in [0.2, 0.25) is 0 Å². The Morgan fingerprint density at radius 1 is 1.29 bits per heavy atom. The smallest absolute Gasteiger partial charge is 0.191 e. The van der Waals surface area contributed by atoms with Crippen LogP contribution in [0, 0.1) is 11.6 Å². The van der Waals surface area contributed by atoms with Gasteiger partial charge in [-0.15, -0.1) is 0 Å². The minimum atomic E-state index is -0.876. The van der Waals surface area contributed by atoms with E-state index in [2.05, 4.69) is 10.1 Å². The first-order valence-corrected chi connectivity index (χ1v) is 3.80. The van der Waals surface area contributed by atoms with Gasteiger partial charge in [-0.25, -0.2) is 18.4 Å². The molecule has 0 aliphatic carbocycles. The molecule has 0 fully saturated rings. The average Bonchev–Trinajstić information content (AvgIpc) is 2.64.